The van der Waals surface area contributed by atoms with Crippen LogP contribution in [-0.2, 0) is 4.79 Å². The number of aliphatic hydroxyl groups is 1. The highest BCUT2D eigenvalue weighted by Gasteiger charge is 2.20. The van der Waals surface area contributed by atoms with Gasteiger partial charge in [0.1, 0.15) is 0 Å². The number of carbonyl (C=O) groups excluding carboxylic acids is 1. The van der Waals surface area contributed by atoms with E-state index in [0.717, 1.165) is 19.0 Å². The second kappa shape index (κ2) is 6.80. The van der Waals surface area contributed by atoms with Gasteiger partial charge in [-0.25, -0.2) is 0 Å². The minimum atomic E-state index is 0.0144. The molecule has 0 heterocycles. The van der Waals surface area contributed by atoms with Crippen LogP contribution < -0.4 is 5.32 Å². The number of hydrogen-bond acceptors (Lipinski definition) is 3. The van der Waals surface area contributed by atoms with E-state index in [2.05, 4.69) is 17.1 Å². The maximum absolute atomic E-state index is 11.4. The van der Waals surface area contributed by atoms with E-state index in [1.807, 2.05) is 0 Å². The number of carbonyl (C=O) groups is 1. The summed E-state index contributed by atoms with van der Waals surface area (Å²) in [5.41, 5.74) is 0. The van der Waals surface area contributed by atoms with E-state index in [9.17, 15) is 4.79 Å². The molecule has 0 saturated heterocycles. The predicted octanol–water partition coefficient (Wildman–Crippen LogP) is 0.217. The molecule has 0 bridgehead atoms. The van der Waals surface area contributed by atoms with Crippen LogP contribution in [0.25, 0.3) is 0 Å². The van der Waals surface area contributed by atoms with Crippen molar-refractivity contribution in [1.82, 2.24) is 10.2 Å². The van der Waals surface area contributed by atoms with Crippen molar-refractivity contribution in [3.8, 4) is 0 Å². The fourth-order valence-corrected chi connectivity index (χ4v) is 1.80. The zero-order chi connectivity index (χ0) is 11.1. The van der Waals surface area contributed by atoms with E-state index in [4.69, 9.17) is 5.11 Å². The quantitative estimate of drug-likeness (QED) is 0.637. The third-order valence-corrected chi connectivity index (χ3v) is 2.99. The summed E-state index contributed by atoms with van der Waals surface area (Å²) in [6.45, 7) is 4.89. The molecule has 0 unspecified atom stereocenters. The van der Waals surface area contributed by atoms with Gasteiger partial charge in [0.05, 0.1) is 13.2 Å². The smallest absolute Gasteiger partial charge is 0.234 e. The molecule has 1 rings (SSSR count). The average molecular weight is 214 g/mol. The van der Waals surface area contributed by atoms with Crippen LogP contribution in [0.2, 0.25) is 0 Å². The first-order valence-corrected chi connectivity index (χ1v) is 5.86. The van der Waals surface area contributed by atoms with Crippen molar-refractivity contribution >= 4 is 5.91 Å². The molecule has 1 aliphatic rings. The van der Waals surface area contributed by atoms with Crippen molar-refractivity contribution in [2.45, 2.75) is 26.2 Å². The molecule has 0 aromatic carbocycles. The van der Waals surface area contributed by atoms with Gasteiger partial charge in [0.15, 0.2) is 0 Å². The first-order valence-electron chi connectivity index (χ1n) is 5.86. The van der Waals surface area contributed by atoms with Crippen LogP contribution >= 0.6 is 0 Å². The molecule has 1 saturated carbocycles. The molecule has 4 heteroatoms. The first-order chi connectivity index (χ1) is 7.26. The maximum Gasteiger partial charge on any atom is 0.234 e. The molecule has 4 nitrogen and oxygen atoms in total. The zero-order valence-electron chi connectivity index (χ0n) is 9.54. The second-order valence-corrected chi connectivity index (χ2v) is 4.20. The number of hydrogen-bond donors (Lipinski definition) is 2. The Morgan fingerprint density at radius 1 is 1.53 bits per heavy atom. The van der Waals surface area contributed by atoms with E-state index >= 15 is 0 Å². The Morgan fingerprint density at radius 2 is 2.27 bits per heavy atom. The molecular weight excluding hydrogens is 192 g/mol. The molecule has 15 heavy (non-hydrogen) atoms. The van der Waals surface area contributed by atoms with Gasteiger partial charge in [-0.15, -0.1) is 0 Å². The van der Waals surface area contributed by atoms with Gasteiger partial charge in [0, 0.05) is 13.1 Å². The van der Waals surface area contributed by atoms with Gasteiger partial charge in [0.25, 0.3) is 0 Å². The van der Waals surface area contributed by atoms with Crippen LogP contribution in [0.5, 0.6) is 0 Å². The van der Waals surface area contributed by atoms with Crippen LogP contribution in [0.1, 0.15) is 26.2 Å². The van der Waals surface area contributed by atoms with Crippen LogP contribution in [0, 0.1) is 5.92 Å². The minimum Gasteiger partial charge on any atom is -0.395 e. The third-order valence-electron chi connectivity index (χ3n) is 2.99. The molecule has 2 N–H and O–H groups in total. The second-order valence-electron chi connectivity index (χ2n) is 4.20. The Kier molecular flexibility index (Phi) is 5.65. The van der Waals surface area contributed by atoms with E-state index in [1.165, 1.54) is 19.3 Å². The van der Waals surface area contributed by atoms with Gasteiger partial charge in [-0.05, 0) is 25.3 Å². The molecule has 0 radical (unpaired) electrons. The Bertz CT molecular complexity index is 193. The molecule has 1 amide bonds. The van der Waals surface area contributed by atoms with Crippen LogP contribution in [-0.4, -0.2) is 48.7 Å². The summed E-state index contributed by atoms with van der Waals surface area (Å²) in [6, 6.07) is 0. The van der Waals surface area contributed by atoms with Gasteiger partial charge in [-0.1, -0.05) is 13.3 Å². The lowest BCUT2D eigenvalue weighted by Gasteiger charge is -2.31. The first kappa shape index (κ1) is 12.5. The summed E-state index contributed by atoms with van der Waals surface area (Å²) in [7, 11) is 0. The van der Waals surface area contributed by atoms with Gasteiger partial charge >= 0.3 is 0 Å². The van der Waals surface area contributed by atoms with Crippen molar-refractivity contribution in [2.75, 3.05) is 32.8 Å². The lowest BCUT2D eigenvalue weighted by atomic mass is 9.85. The summed E-state index contributed by atoms with van der Waals surface area (Å²) in [5.74, 6) is 0.820. The number of rotatable bonds is 7. The summed E-state index contributed by atoms with van der Waals surface area (Å²) < 4.78 is 0. The average Bonchev–Trinajstić information content (AvgIpc) is 2.18. The fraction of sp³-hybridized carbons (Fsp3) is 0.909. The fourth-order valence-electron chi connectivity index (χ4n) is 1.80. The SMILES string of the molecule is CCN(CC(=O)NCCO)CC1CCC1. The van der Waals surface area contributed by atoms with Crippen LogP contribution in [0.4, 0.5) is 0 Å². The summed E-state index contributed by atoms with van der Waals surface area (Å²) in [6.07, 6.45) is 3.97. The minimum absolute atomic E-state index is 0.0144. The predicted molar refractivity (Wildman–Crippen MR) is 59.6 cm³/mol. The van der Waals surface area contributed by atoms with E-state index in [-0.39, 0.29) is 12.5 Å². The van der Waals surface area contributed by atoms with Crippen molar-refractivity contribution in [1.29, 1.82) is 0 Å². The largest absolute Gasteiger partial charge is 0.395 e. The zero-order valence-corrected chi connectivity index (χ0v) is 9.54. The number of amides is 1. The molecule has 1 aliphatic carbocycles. The van der Waals surface area contributed by atoms with E-state index in [0.29, 0.717) is 13.1 Å². The van der Waals surface area contributed by atoms with Gasteiger partial charge in [0.2, 0.25) is 5.91 Å². The number of aliphatic hydroxyl groups excluding tert-OH is 1. The molecule has 0 aliphatic heterocycles. The number of nitrogens with zero attached hydrogens (tertiary/aromatic N) is 1. The highest BCUT2D eigenvalue weighted by atomic mass is 16.3. The lowest BCUT2D eigenvalue weighted by molar-refractivity contribution is -0.122. The van der Waals surface area contributed by atoms with Crippen molar-refractivity contribution < 1.29 is 9.90 Å². The summed E-state index contributed by atoms with van der Waals surface area (Å²) in [4.78, 5) is 13.6. The summed E-state index contributed by atoms with van der Waals surface area (Å²) in [5, 5.41) is 11.2. The monoisotopic (exact) mass is 214 g/mol. The summed E-state index contributed by atoms with van der Waals surface area (Å²) >= 11 is 0. The van der Waals surface area contributed by atoms with Gasteiger partial charge in [-0.2, -0.15) is 0 Å². The van der Waals surface area contributed by atoms with Gasteiger partial charge in [-0.3, -0.25) is 9.69 Å². The van der Waals surface area contributed by atoms with Crippen molar-refractivity contribution in [3.63, 3.8) is 0 Å². The van der Waals surface area contributed by atoms with Crippen molar-refractivity contribution in [3.05, 3.63) is 0 Å². The molecule has 88 valence electrons. The van der Waals surface area contributed by atoms with Crippen LogP contribution in [0.15, 0.2) is 0 Å². The van der Waals surface area contributed by atoms with Crippen LogP contribution in [0.3, 0.4) is 0 Å². The Morgan fingerprint density at radius 3 is 2.73 bits per heavy atom. The standard InChI is InChI=1S/C11H22N2O2/c1-2-13(8-10-4-3-5-10)9-11(15)12-6-7-14/h10,14H,2-9H2,1H3,(H,12,15). The third kappa shape index (κ3) is 4.62. The lowest BCUT2D eigenvalue weighted by Crippen LogP contribution is -2.41. The Balaban J connectivity index is 2.16. The van der Waals surface area contributed by atoms with Gasteiger partial charge < -0.3 is 10.4 Å². The highest BCUT2D eigenvalue weighted by molar-refractivity contribution is 5.77. The molecule has 0 aromatic heterocycles. The highest BCUT2D eigenvalue weighted by Crippen LogP contribution is 2.26. The molecule has 1 fully saturated rings. The van der Waals surface area contributed by atoms with E-state index < -0.39 is 0 Å². The normalized spacial score (nSPS) is 16.5. The number of nitrogens with one attached hydrogen (secondary N) is 1. The Hall–Kier alpha value is -0.610. The maximum atomic E-state index is 11.4. The number of likely N-dealkylation sites (N-methyl/N-ethyl adjacent to an activating group) is 1. The molecule has 0 spiro atoms. The molecule has 0 aromatic rings. The Labute approximate surface area is 91.6 Å². The molecule has 0 atom stereocenters. The molecular formula is C11H22N2O2. The topological polar surface area (TPSA) is 52.6 Å². The van der Waals surface area contributed by atoms with Crippen molar-refractivity contribution in [2.24, 2.45) is 5.92 Å². The van der Waals surface area contributed by atoms with E-state index in [1.54, 1.807) is 0 Å².